The predicted molar refractivity (Wildman–Crippen MR) is 77.1 cm³/mol. The van der Waals surface area contributed by atoms with Crippen molar-refractivity contribution in [2.24, 2.45) is 0 Å². The minimum absolute atomic E-state index is 0.231. The number of nitrogens with zero attached hydrogens (tertiary/aromatic N) is 4. The lowest BCUT2D eigenvalue weighted by Gasteiger charge is -2.04. The van der Waals surface area contributed by atoms with E-state index in [1.54, 1.807) is 0 Å². The van der Waals surface area contributed by atoms with Gasteiger partial charge in [-0.05, 0) is 18.4 Å². The molecule has 1 aromatic carbocycles. The first-order chi connectivity index (χ1) is 10.3. The third kappa shape index (κ3) is 3.47. The highest BCUT2D eigenvalue weighted by Gasteiger charge is 2.15. The van der Waals surface area contributed by atoms with Crippen LogP contribution in [0.25, 0.3) is 0 Å². The molecule has 21 heavy (non-hydrogen) atoms. The van der Waals surface area contributed by atoms with E-state index in [1.807, 2.05) is 43.3 Å². The molecule has 1 heterocycles. The van der Waals surface area contributed by atoms with Crippen LogP contribution in [0.15, 0.2) is 30.3 Å². The topological polar surface area (TPSA) is 74.6 Å². The highest BCUT2D eigenvalue weighted by Crippen LogP contribution is 2.12. The van der Waals surface area contributed by atoms with Crippen LogP contribution in [0, 0.1) is 22.8 Å². The normalized spacial score (nSPS) is 10.0. The summed E-state index contributed by atoms with van der Waals surface area (Å²) in [4.78, 5) is 4.17. The van der Waals surface area contributed by atoms with Crippen LogP contribution < -0.4 is 0 Å². The zero-order valence-corrected chi connectivity index (χ0v) is 11.9. The van der Waals surface area contributed by atoms with Crippen LogP contribution in [0.1, 0.15) is 29.7 Å². The van der Waals surface area contributed by atoms with E-state index < -0.39 is 0 Å². The van der Waals surface area contributed by atoms with Crippen LogP contribution >= 0.6 is 0 Å². The minimum Gasteiger partial charge on any atom is -0.373 e. The number of benzene rings is 1. The zero-order valence-electron chi connectivity index (χ0n) is 11.9. The molecule has 106 valence electrons. The summed E-state index contributed by atoms with van der Waals surface area (Å²) in [5.41, 5.74) is 2.15. The molecule has 5 nitrogen and oxygen atoms in total. The smallest absolute Gasteiger partial charge is 0.190 e. The lowest BCUT2D eigenvalue weighted by atomic mass is 10.2. The van der Waals surface area contributed by atoms with Crippen molar-refractivity contribution in [1.29, 1.82) is 10.5 Å². The second kappa shape index (κ2) is 7.23. The summed E-state index contributed by atoms with van der Waals surface area (Å²) in [6, 6.07) is 12.1. The Kier molecular flexibility index (Phi) is 5.09. The molecule has 0 radical (unpaired) electrons. The lowest BCUT2D eigenvalue weighted by molar-refractivity contribution is 0.117. The predicted octanol–water partition coefficient (Wildman–Crippen LogP) is 2.41. The second-order valence-corrected chi connectivity index (χ2v) is 4.51. The molecule has 2 rings (SSSR count). The Morgan fingerprint density at radius 1 is 1.24 bits per heavy atom. The van der Waals surface area contributed by atoms with Crippen LogP contribution in [0.5, 0.6) is 0 Å². The number of nitriles is 2. The molecule has 2 aromatic rings. The molecular weight excluding hydrogens is 264 g/mol. The van der Waals surface area contributed by atoms with E-state index >= 15 is 0 Å². The van der Waals surface area contributed by atoms with Crippen molar-refractivity contribution in [2.45, 2.75) is 26.4 Å². The Balaban J connectivity index is 1.96. The van der Waals surface area contributed by atoms with Gasteiger partial charge in [0.25, 0.3) is 0 Å². The van der Waals surface area contributed by atoms with Crippen molar-refractivity contribution in [3.63, 3.8) is 0 Å². The van der Waals surface area contributed by atoms with Crippen molar-refractivity contribution in [1.82, 2.24) is 9.55 Å². The van der Waals surface area contributed by atoms with Crippen molar-refractivity contribution < 1.29 is 4.74 Å². The van der Waals surface area contributed by atoms with Crippen molar-refractivity contribution in [3.8, 4) is 12.3 Å². The molecule has 0 N–H and O–H groups in total. The first kappa shape index (κ1) is 14.8. The molecule has 0 fully saturated rings. The van der Waals surface area contributed by atoms with Gasteiger partial charge in [0.2, 0.25) is 0 Å². The quantitative estimate of drug-likeness (QED) is 0.761. The number of imidazole rings is 1. The van der Waals surface area contributed by atoms with Crippen molar-refractivity contribution >= 4 is 0 Å². The molecule has 0 bridgehead atoms. The van der Waals surface area contributed by atoms with E-state index in [1.165, 1.54) is 10.1 Å². The van der Waals surface area contributed by atoms with Gasteiger partial charge in [0, 0.05) is 0 Å². The summed E-state index contributed by atoms with van der Waals surface area (Å²) >= 11 is 0. The Morgan fingerprint density at radius 2 is 2.00 bits per heavy atom. The van der Waals surface area contributed by atoms with E-state index in [4.69, 9.17) is 10.00 Å². The molecule has 1 aromatic heterocycles. The Labute approximate surface area is 124 Å². The minimum atomic E-state index is 0.231. The fourth-order valence-electron chi connectivity index (χ4n) is 2.13. The van der Waals surface area contributed by atoms with Gasteiger partial charge in [0.15, 0.2) is 11.9 Å². The SMILES string of the molecule is CCc1c(C#N)nc(COCCc2ccccc2)n1C#N. The van der Waals surface area contributed by atoms with Crippen LogP contribution in [0.4, 0.5) is 0 Å². The number of rotatable bonds is 6. The maximum Gasteiger partial charge on any atom is 0.190 e. The third-order valence-electron chi connectivity index (χ3n) is 3.19. The Morgan fingerprint density at radius 3 is 2.62 bits per heavy atom. The molecule has 0 unspecified atom stereocenters. The average molecular weight is 280 g/mol. The average Bonchev–Trinajstić information content (AvgIpc) is 2.89. The molecule has 0 spiro atoms. The highest BCUT2D eigenvalue weighted by molar-refractivity contribution is 5.31. The van der Waals surface area contributed by atoms with Gasteiger partial charge in [-0.3, -0.25) is 0 Å². The van der Waals surface area contributed by atoms with E-state index in [0.717, 1.165) is 6.42 Å². The van der Waals surface area contributed by atoms with Crippen LogP contribution in [0.2, 0.25) is 0 Å². The molecule has 0 amide bonds. The summed E-state index contributed by atoms with van der Waals surface area (Å²) in [5.74, 6) is 0.485. The van der Waals surface area contributed by atoms with Gasteiger partial charge in [-0.1, -0.05) is 37.3 Å². The van der Waals surface area contributed by atoms with E-state index in [2.05, 4.69) is 11.2 Å². The largest absolute Gasteiger partial charge is 0.373 e. The Hall–Kier alpha value is -2.63. The standard InChI is InChI=1S/C16H16N4O/c1-2-15-14(10-17)19-16(20(15)12-18)11-21-9-8-13-6-4-3-5-7-13/h3-7H,2,8-9,11H2,1H3. The molecule has 0 aliphatic rings. The van der Waals surface area contributed by atoms with Gasteiger partial charge in [-0.2, -0.15) is 10.5 Å². The number of aromatic nitrogens is 2. The molecule has 0 aliphatic carbocycles. The molecular formula is C16H16N4O. The maximum atomic E-state index is 9.18. The van der Waals surface area contributed by atoms with E-state index in [9.17, 15) is 5.26 Å². The van der Waals surface area contributed by atoms with Crippen LogP contribution in [-0.2, 0) is 24.2 Å². The molecule has 5 heteroatoms. The fraction of sp³-hybridized carbons (Fsp3) is 0.312. The number of hydrogen-bond donors (Lipinski definition) is 0. The highest BCUT2D eigenvalue weighted by atomic mass is 16.5. The van der Waals surface area contributed by atoms with Crippen molar-refractivity contribution in [2.75, 3.05) is 6.61 Å². The molecule has 0 aliphatic heterocycles. The maximum absolute atomic E-state index is 9.18. The summed E-state index contributed by atoms with van der Waals surface area (Å²) in [6.07, 6.45) is 3.45. The first-order valence-electron chi connectivity index (χ1n) is 6.82. The summed E-state index contributed by atoms with van der Waals surface area (Å²) in [7, 11) is 0. The van der Waals surface area contributed by atoms with E-state index in [-0.39, 0.29) is 6.61 Å². The van der Waals surface area contributed by atoms with Crippen LogP contribution in [-0.4, -0.2) is 16.2 Å². The number of ether oxygens (including phenoxy) is 1. The van der Waals surface area contributed by atoms with Gasteiger partial charge in [-0.25, -0.2) is 9.55 Å². The molecule has 0 saturated heterocycles. The fourth-order valence-corrected chi connectivity index (χ4v) is 2.13. The van der Waals surface area contributed by atoms with Gasteiger partial charge in [0.1, 0.15) is 18.5 Å². The molecule has 0 atom stereocenters. The van der Waals surface area contributed by atoms with Gasteiger partial charge >= 0.3 is 0 Å². The lowest BCUT2D eigenvalue weighted by Crippen LogP contribution is -2.05. The Bertz CT molecular complexity index is 677. The monoisotopic (exact) mass is 280 g/mol. The first-order valence-corrected chi connectivity index (χ1v) is 6.82. The third-order valence-corrected chi connectivity index (χ3v) is 3.19. The second-order valence-electron chi connectivity index (χ2n) is 4.51. The van der Waals surface area contributed by atoms with Gasteiger partial charge in [-0.15, -0.1) is 0 Å². The van der Waals surface area contributed by atoms with Gasteiger partial charge < -0.3 is 4.74 Å². The summed E-state index contributed by atoms with van der Waals surface area (Å²) in [6.45, 7) is 2.67. The van der Waals surface area contributed by atoms with E-state index in [0.29, 0.717) is 30.2 Å². The van der Waals surface area contributed by atoms with Gasteiger partial charge in [0.05, 0.1) is 12.3 Å². The number of hydrogen-bond acceptors (Lipinski definition) is 4. The van der Waals surface area contributed by atoms with Crippen molar-refractivity contribution in [3.05, 3.63) is 53.1 Å². The zero-order chi connectivity index (χ0) is 15.1. The molecule has 0 saturated carbocycles. The summed E-state index contributed by atoms with van der Waals surface area (Å²) < 4.78 is 6.97. The summed E-state index contributed by atoms with van der Waals surface area (Å²) in [5, 5.41) is 18.2. The van der Waals surface area contributed by atoms with Crippen LogP contribution in [0.3, 0.4) is 0 Å².